The van der Waals surface area contributed by atoms with E-state index in [0.717, 1.165) is 87.9 Å². The van der Waals surface area contributed by atoms with Crippen LogP contribution in [0.4, 0.5) is 0 Å². The first-order valence-electron chi connectivity index (χ1n) is 22.5. The molecule has 0 N–H and O–H groups in total. The van der Waals surface area contributed by atoms with Crippen molar-refractivity contribution < 1.29 is 38.1 Å². The largest absolute Gasteiger partial charge is 0.462 e. The summed E-state index contributed by atoms with van der Waals surface area (Å²) < 4.78 is 20.3. The molecule has 4 radical (unpaired) electrons. The molecule has 0 bridgehead atoms. The molecule has 0 heterocycles. The summed E-state index contributed by atoms with van der Waals surface area (Å²) in [5.74, 6) is 1.88. The van der Waals surface area contributed by atoms with Crippen molar-refractivity contribution in [3.8, 4) is 0 Å². The summed E-state index contributed by atoms with van der Waals surface area (Å²) in [5.41, 5.74) is 0.668. The molecule has 0 spiro atoms. The van der Waals surface area contributed by atoms with Crippen LogP contribution in [0.25, 0.3) is 0 Å². The molecule has 1 rings (SSSR count). The fourth-order valence-electron chi connectivity index (χ4n) is 8.31. The molecule has 1 aliphatic rings. The lowest BCUT2D eigenvalue weighted by molar-refractivity contribution is -0.150. The van der Waals surface area contributed by atoms with Gasteiger partial charge in [0.15, 0.2) is 0 Å². The van der Waals surface area contributed by atoms with Gasteiger partial charge in [-0.05, 0) is 103 Å². The van der Waals surface area contributed by atoms with E-state index in [1.807, 2.05) is 0 Å². The Bertz CT molecular complexity index is 1080. The van der Waals surface area contributed by atoms with Gasteiger partial charge in [0.2, 0.25) is 0 Å². The molecule has 0 saturated heterocycles. The molecule has 8 nitrogen and oxygen atoms in total. The van der Waals surface area contributed by atoms with Crippen molar-refractivity contribution in [3.05, 3.63) is 38.2 Å². The normalized spacial score (nSPS) is 17.9. The van der Waals surface area contributed by atoms with Gasteiger partial charge in [0.05, 0.1) is 0 Å². The van der Waals surface area contributed by atoms with Gasteiger partial charge in [-0.25, -0.2) is 9.59 Å². The molecular weight excluding hydrogens is 705 g/mol. The molecule has 0 aromatic carbocycles. The van der Waals surface area contributed by atoms with Gasteiger partial charge >= 0.3 is 23.9 Å². The molecule has 1 aliphatic carbocycles. The lowest BCUT2D eigenvalue weighted by Crippen LogP contribution is -2.35. The minimum absolute atomic E-state index is 0.0609. The van der Waals surface area contributed by atoms with Crippen molar-refractivity contribution in [2.75, 3.05) is 26.4 Å². The maximum atomic E-state index is 12.1. The van der Waals surface area contributed by atoms with Gasteiger partial charge in [0.1, 0.15) is 26.4 Å². The van der Waals surface area contributed by atoms with E-state index >= 15 is 0 Å². The van der Waals surface area contributed by atoms with E-state index in [1.165, 1.54) is 103 Å². The van der Waals surface area contributed by atoms with E-state index in [1.54, 1.807) is 13.8 Å². The maximum Gasteiger partial charge on any atom is 0.333 e. The van der Waals surface area contributed by atoms with E-state index in [-0.39, 0.29) is 38.4 Å². The quantitative estimate of drug-likeness (QED) is 0.0268. The Morgan fingerprint density at radius 3 is 1.14 bits per heavy atom. The van der Waals surface area contributed by atoms with Crippen LogP contribution in [0.1, 0.15) is 194 Å². The van der Waals surface area contributed by atoms with Crippen LogP contribution in [-0.2, 0) is 38.1 Å². The van der Waals surface area contributed by atoms with Gasteiger partial charge in [0.25, 0.3) is 0 Å². The van der Waals surface area contributed by atoms with Crippen LogP contribution < -0.4 is 0 Å². The van der Waals surface area contributed by atoms with Crippen molar-refractivity contribution in [1.82, 2.24) is 0 Å². The zero-order valence-electron chi connectivity index (χ0n) is 35.8. The van der Waals surface area contributed by atoms with Crippen molar-refractivity contribution in [1.29, 1.82) is 0 Å². The number of unbranched alkanes of at least 4 members (excludes halogenated alkanes) is 16. The predicted octanol–water partition coefficient (Wildman–Crippen LogP) is 12.1. The number of rotatable bonds is 36. The van der Waals surface area contributed by atoms with Gasteiger partial charge in [-0.15, -0.1) is 0 Å². The topological polar surface area (TPSA) is 105 Å². The van der Waals surface area contributed by atoms with Gasteiger partial charge in [0, 0.05) is 24.0 Å². The summed E-state index contributed by atoms with van der Waals surface area (Å²) in [6, 6.07) is 0. The average Bonchev–Trinajstić information content (AvgIpc) is 3.17. The first-order valence-corrected chi connectivity index (χ1v) is 22.5. The highest BCUT2D eigenvalue weighted by atomic mass is 16.6. The number of ether oxygens (including phenoxy) is 4. The van der Waals surface area contributed by atoms with Crippen molar-refractivity contribution in [2.45, 2.75) is 194 Å². The lowest BCUT2D eigenvalue weighted by atomic mass is 9.61. The van der Waals surface area contributed by atoms with Crippen LogP contribution in [0.5, 0.6) is 0 Å². The predicted molar refractivity (Wildman–Crippen MR) is 225 cm³/mol. The molecule has 0 aliphatic heterocycles. The van der Waals surface area contributed by atoms with Crippen molar-refractivity contribution in [3.63, 3.8) is 0 Å². The Hall–Kier alpha value is -2.64. The van der Waals surface area contributed by atoms with E-state index in [4.69, 9.17) is 32.8 Å². The summed E-state index contributed by atoms with van der Waals surface area (Å²) in [6.45, 7) is 22.3. The average molecular weight is 785 g/mol. The third kappa shape index (κ3) is 26.3. The van der Waals surface area contributed by atoms with Crippen LogP contribution in [-0.4, -0.2) is 50.3 Å². The molecule has 56 heavy (non-hydrogen) atoms. The first kappa shape index (κ1) is 51.4. The Labute approximate surface area is 343 Å². The number of hydrogen-bond acceptors (Lipinski definition) is 8. The number of esters is 4. The summed E-state index contributed by atoms with van der Waals surface area (Å²) >= 11 is 0. The number of carbonyl (C=O) groups is 4. The Kier molecular flexibility index (Phi) is 31.6. The first-order chi connectivity index (χ1) is 27.1. The summed E-state index contributed by atoms with van der Waals surface area (Å²) in [7, 11) is 0. The van der Waals surface area contributed by atoms with E-state index in [9.17, 15) is 19.2 Å². The molecule has 320 valence electrons. The summed E-state index contributed by atoms with van der Waals surface area (Å²) in [5, 5.41) is 0. The Morgan fingerprint density at radius 2 is 0.750 bits per heavy atom. The highest BCUT2D eigenvalue weighted by Crippen LogP contribution is 2.47. The summed E-state index contributed by atoms with van der Waals surface area (Å²) in [4.78, 5) is 46.9. The van der Waals surface area contributed by atoms with E-state index < -0.39 is 11.9 Å². The van der Waals surface area contributed by atoms with Crippen LogP contribution in [0.3, 0.4) is 0 Å². The van der Waals surface area contributed by atoms with Gasteiger partial charge < -0.3 is 18.9 Å². The Balaban J connectivity index is 2.52. The minimum Gasteiger partial charge on any atom is -0.462 e. The Morgan fingerprint density at radius 1 is 0.446 bits per heavy atom. The highest BCUT2D eigenvalue weighted by molar-refractivity contribution is 5.87. The molecule has 4 unspecified atom stereocenters. The zero-order valence-corrected chi connectivity index (χ0v) is 35.8. The smallest absolute Gasteiger partial charge is 0.333 e. The standard InChI is InChI=1S/C48H80O8/c1-7-9-11-16-23-29-43-41(27-21-10-8-2)33-34-42(28-22-17-12-14-19-25-31-45(49)53-35-37-55-47(51)39(3)4)44(43)30-24-18-13-15-20-26-32-46(50)54-36-38-56-48(52)40(5)6/h1-2,41-44H,3,5,7-38H2,4,6H3. The van der Waals surface area contributed by atoms with Gasteiger partial charge in [-0.2, -0.15) is 0 Å². The van der Waals surface area contributed by atoms with Crippen LogP contribution in [0, 0.1) is 37.5 Å². The molecule has 0 amide bonds. The third-order valence-corrected chi connectivity index (χ3v) is 11.4. The summed E-state index contributed by atoms with van der Waals surface area (Å²) in [6.07, 6.45) is 31.3. The van der Waals surface area contributed by atoms with Gasteiger partial charge in [-0.1, -0.05) is 129 Å². The van der Waals surface area contributed by atoms with Crippen molar-refractivity contribution >= 4 is 23.9 Å². The van der Waals surface area contributed by atoms with Crippen molar-refractivity contribution in [2.24, 2.45) is 23.7 Å². The lowest BCUT2D eigenvalue weighted by Gasteiger charge is -2.44. The highest BCUT2D eigenvalue weighted by Gasteiger charge is 2.37. The van der Waals surface area contributed by atoms with E-state index in [2.05, 4.69) is 13.2 Å². The molecule has 8 heteroatoms. The van der Waals surface area contributed by atoms with Crippen LogP contribution >= 0.6 is 0 Å². The molecule has 0 aromatic rings. The fourth-order valence-corrected chi connectivity index (χ4v) is 8.31. The second kappa shape index (κ2) is 34.4. The molecule has 1 fully saturated rings. The second-order valence-electron chi connectivity index (χ2n) is 16.3. The molecule has 1 saturated carbocycles. The molecule has 0 aromatic heterocycles. The zero-order chi connectivity index (χ0) is 41.2. The maximum absolute atomic E-state index is 12.1. The second-order valence-corrected chi connectivity index (χ2v) is 16.3. The SMILES string of the molecule is [CH]CCCCCCC1C(CCCC[CH])CCC(CCCCCCCCC(=O)OCCOC(=O)C(=C)C)C1CCCCCCCCC(=O)OCCOC(=O)C(=C)C. The minimum atomic E-state index is -0.464. The number of carbonyl (C=O) groups excluding carboxylic acids is 4. The fraction of sp³-hybridized carbons (Fsp3) is 0.792. The van der Waals surface area contributed by atoms with Crippen LogP contribution in [0.15, 0.2) is 24.3 Å². The molecular formula is C48H80O8. The van der Waals surface area contributed by atoms with Gasteiger partial charge in [-0.3, -0.25) is 9.59 Å². The number of hydrogen-bond donors (Lipinski definition) is 0. The third-order valence-electron chi connectivity index (χ3n) is 11.4. The van der Waals surface area contributed by atoms with Crippen LogP contribution in [0.2, 0.25) is 0 Å². The monoisotopic (exact) mass is 785 g/mol. The molecule has 4 atom stereocenters. The van der Waals surface area contributed by atoms with E-state index in [0.29, 0.717) is 24.0 Å².